The van der Waals surface area contributed by atoms with Crippen molar-refractivity contribution in [3.63, 3.8) is 0 Å². The second-order valence-corrected chi connectivity index (χ2v) is 8.85. The third-order valence-electron chi connectivity index (χ3n) is 5.11. The molecule has 2 fully saturated rings. The van der Waals surface area contributed by atoms with Crippen LogP contribution in [0.4, 0.5) is 0 Å². The SMILES string of the molecule is O=C(C1CCC1)N1CCN(S(=O)(=O)CCCc2ccccc2)CC1. The van der Waals surface area contributed by atoms with Crippen LogP contribution in [0.15, 0.2) is 30.3 Å². The van der Waals surface area contributed by atoms with E-state index in [2.05, 4.69) is 0 Å². The van der Waals surface area contributed by atoms with Crippen molar-refractivity contribution in [3.05, 3.63) is 35.9 Å². The van der Waals surface area contributed by atoms with E-state index in [0.717, 1.165) is 25.7 Å². The highest BCUT2D eigenvalue weighted by molar-refractivity contribution is 7.89. The number of sulfonamides is 1. The minimum absolute atomic E-state index is 0.179. The Balaban J connectivity index is 1.45. The maximum atomic E-state index is 12.5. The van der Waals surface area contributed by atoms with Crippen LogP contribution in [0.5, 0.6) is 0 Å². The van der Waals surface area contributed by atoms with Gasteiger partial charge in [-0.2, -0.15) is 4.31 Å². The van der Waals surface area contributed by atoms with Crippen LogP contribution in [0.1, 0.15) is 31.2 Å². The third kappa shape index (κ3) is 4.16. The molecule has 1 aromatic carbocycles. The molecule has 0 aromatic heterocycles. The fourth-order valence-electron chi connectivity index (χ4n) is 3.33. The zero-order valence-corrected chi connectivity index (χ0v) is 14.9. The summed E-state index contributed by atoms with van der Waals surface area (Å²) in [5, 5.41) is 0. The summed E-state index contributed by atoms with van der Waals surface area (Å²) in [5.41, 5.74) is 1.17. The van der Waals surface area contributed by atoms with Gasteiger partial charge in [0.05, 0.1) is 5.75 Å². The van der Waals surface area contributed by atoms with Gasteiger partial charge in [-0.1, -0.05) is 36.8 Å². The Kier molecular flexibility index (Phi) is 5.56. The van der Waals surface area contributed by atoms with E-state index in [1.165, 1.54) is 5.56 Å². The molecule has 0 spiro atoms. The Hall–Kier alpha value is -1.40. The van der Waals surface area contributed by atoms with E-state index in [1.54, 1.807) is 4.31 Å². The lowest BCUT2D eigenvalue weighted by Gasteiger charge is -2.37. The third-order valence-corrected chi connectivity index (χ3v) is 7.07. The van der Waals surface area contributed by atoms with Crippen molar-refractivity contribution < 1.29 is 13.2 Å². The number of piperazine rings is 1. The molecule has 0 N–H and O–H groups in total. The molecule has 132 valence electrons. The molecule has 6 heteroatoms. The summed E-state index contributed by atoms with van der Waals surface area (Å²) in [6, 6.07) is 9.96. The Morgan fingerprint density at radius 2 is 1.71 bits per heavy atom. The number of nitrogens with zero attached hydrogens (tertiary/aromatic N) is 2. The number of rotatable bonds is 6. The molecule has 3 rings (SSSR count). The molecule has 1 amide bonds. The fraction of sp³-hybridized carbons (Fsp3) is 0.611. The Bertz CT molecular complexity index is 648. The largest absolute Gasteiger partial charge is 0.340 e. The minimum atomic E-state index is -3.22. The molecular weight excluding hydrogens is 324 g/mol. The quantitative estimate of drug-likeness (QED) is 0.787. The first-order chi connectivity index (χ1) is 11.6. The van der Waals surface area contributed by atoms with Crippen LogP contribution in [0, 0.1) is 5.92 Å². The highest BCUT2D eigenvalue weighted by Gasteiger charge is 2.33. The molecule has 1 heterocycles. The van der Waals surface area contributed by atoms with Crippen LogP contribution in [-0.4, -0.2) is 55.5 Å². The van der Waals surface area contributed by atoms with Crippen molar-refractivity contribution >= 4 is 15.9 Å². The molecule has 0 bridgehead atoms. The number of amides is 1. The summed E-state index contributed by atoms with van der Waals surface area (Å²) in [4.78, 5) is 14.1. The second kappa shape index (κ2) is 7.66. The predicted molar refractivity (Wildman–Crippen MR) is 94.0 cm³/mol. The maximum Gasteiger partial charge on any atom is 0.225 e. The summed E-state index contributed by atoms with van der Waals surface area (Å²) < 4.78 is 26.5. The van der Waals surface area contributed by atoms with E-state index in [-0.39, 0.29) is 17.6 Å². The van der Waals surface area contributed by atoms with Gasteiger partial charge in [0, 0.05) is 32.1 Å². The number of hydrogen-bond donors (Lipinski definition) is 0. The van der Waals surface area contributed by atoms with E-state index < -0.39 is 10.0 Å². The number of aryl methyl sites for hydroxylation is 1. The van der Waals surface area contributed by atoms with Crippen molar-refractivity contribution in [1.82, 2.24) is 9.21 Å². The lowest BCUT2D eigenvalue weighted by Crippen LogP contribution is -2.52. The average Bonchev–Trinajstić information content (AvgIpc) is 2.54. The monoisotopic (exact) mass is 350 g/mol. The molecule has 5 nitrogen and oxygen atoms in total. The van der Waals surface area contributed by atoms with Crippen LogP contribution in [0.25, 0.3) is 0 Å². The van der Waals surface area contributed by atoms with Gasteiger partial charge in [-0.3, -0.25) is 4.79 Å². The molecule has 1 aliphatic carbocycles. The first-order valence-electron chi connectivity index (χ1n) is 8.87. The van der Waals surface area contributed by atoms with Gasteiger partial charge in [0.25, 0.3) is 0 Å². The van der Waals surface area contributed by atoms with Crippen molar-refractivity contribution in [2.75, 3.05) is 31.9 Å². The zero-order valence-electron chi connectivity index (χ0n) is 14.1. The van der Waals surface area contributed by atoms with E-state index in [9.17, 15) is 13.2 Å². The van der Waals surface area contributed by atoms with Crippen molar-refractivity contribution in [3.8, 4) is 0 Å². The van der Waals surface area contributed by atoms with Crippen molar-refractivity contribution in [1.29, 1.82) is 0 Å². The van der Waals surface area contributed by atoms with Crippen LogP contribution < -0.4 is 0 Å². The van der Waals surface area contributed by atoms with Gasteiger partial charge in [0.15, 0.2) is 0 Å². The molecule has 1 aliphatic heterocycles. The summed E-state index contributed by atoms with van der Waals surface area (Å²) in [5.74, 6) is 0.597. The lowest BCUT2D eigenvalue weighted by atomic mass is 9.84. The van der Waals surface area contributed by atoms with E-state index in [4.69, 9.17) is 0 Å². The molecule has 1 saturated heterocycles. The van der Waals surface area contributed by atoms with Crippen LogP contribution in [-0.2, 0) is 21.2 Å². The fourth-order valence-corrected chi connectivity index (χ4v) is 4.82. The van der Waals surface area contributed by atoms with Crippen molar-refractivity contribution in [2.24, 2.45) is 5.92 Å². The molecule has 0 radical (unpaired) electrons. The molecule has 2 aliphatic rings. The molecule has 0 atom stereocenters. The minimum Gasteiger partial charge on any atom is -0.340 e. The van der Waals surface area contributed by atoms with Crippen LogP contribution in [0.2, 0.25) is 0 Å². The smallest absolute Gasteiger partial charge is 0.225 e. The number of carbonyl (C=O) groups is 1. The first kappa shape index (κ1) is 17.4. The topological polar surface area (TPSA) is 57.7 Å². The first-order valence-corrected chi connectivity index (χ1v) is 10.5. The highest BCUT2D eigenvalue weighted by Crippen LogP contribution is 2.28. The van der Waals surface area contributed by atoms with Gasteiger partial charge in [0.2, 0.25) is 15.9 Å². The number of benzene rings is 1. The van der Waals surface area contributed by atoms with Gasteiger partial charge < -0.3 is 4.90 Å². The number of carbonyl (C=O) groups excluding carboxylic acids is 1. The zero-order chi connectivity index (χ0) is 17.0. The van der Waals surface area contributed by atoms with Gasteiger partial charge in [-0.05, 0) is 31.2 Å². The van der Waals surface area contributed by atoms with Gasteiger partial charge in [0.1, 0.15) is 0 Å². The molecular formula is C18H26N2O3S. The predicted octanol–water partition coefficient (Wildman–Crippen LogP) is 1.89. The van der Waals surface area contributed by atoms with Crippen LogP contribution >= 0.6 is 0 Å². The Labute approximate surface area is 144 Å². The molecule has 24 heavy (non-hydrogen) atoms. The van der Waals surface area contributed by atoms with Gasteiger partial charge >= 0.3 is 0 Å². The Morgan fingerprint density at radius 1 is 1.04 bits per heavy atom. The normalized spacial score (nSPS) is 19.9. The van der Waals surface area contributed by atoms with Gasteiger partial charge in [-0.25, -0.2) is 8.42 Å². The average molecular weight is 350 g/mol. The maximum absolute atomic E-state index is 12.5. The van der Waals surface area contributed by atoms with E-state index in [1.807, 2.05) is 35.2 Å². The summed E-state index contributed by atoms with van der Waals surface area (Å²) in [6.07, 6.45) is 4.55. The van der Waals surface area contributed by atoms with E-state index >= 15 is 0 Å². The highest BCUT2D eigenvalue weighted by atomic mass is 32.2. The summed E-state index contributed by atoms with van der Waals surface area (Å²) in [7, 11) is -3.22. The number of hydrogen-bond acceptors (Lipinski definition) is 3. The van der Waals surface area contributed by atoms with E-state index in [0.29, 0.717) is 32.6 Å². The lowest BCUT2D eigenvalue weighted by molar-refractivity contribution is -0.139. The van der Waals surface area contributed by atoms with Crippen LogP contribution in [0.3, 0.4) is 0 Å². The second-order valence-electron chi connectivity index (χ2n) is 6.76. The summed E-state index contributed by atoms with van der Waals surface area (Å²) in [6.45, 7) is 1.94. The molecule has 0 unspecified atom stereocenters. The standard InChI is InChI=1S/C18H26N2O3S/c21-18(17-9-4-10-17)19-11-13-20(14-12-19)24(22,23)15-5-8-16-6-2-1-3-7-16/h1-3,6-7,17H,4-5,8-15H2. The molecule has 1 aromatic rings. The van der Waals surface area contributed by atoms with Gasteiger partial charge in [-0.15, -0.1) is 0 Å². The van der Waals surface area contributed by atoms with Crippen molar-refractivity contribution in [2.45, 2.75) is 32.1 Å². The Morgan fingerprint density at radius 3 is 2.29 bits per heavy atom. The summed E-state index contributed by atoms with van der Waals surface area (Å²) >= 11 is 0. The molecule has 1 saturated carbocycles.